The summed E-state index contributed by atoms with van der Waals surface area (Å²) in [6.07, 6.45) is -0.946. The third kappa shape index (κ3) is 3.63. The Hall–Kier alpha value is -1.75. The number of anilines is 1. The summed E-state index contributed by atoms with van der Waals surface area (Å²) >= 11 is 0. The summed E-state index contributed by atoms with van der Waals surface area (Å²) in [4.78, 5) is 15.0. The third-order valence-corrected chi connectivity index (χ3v) is 3.20. The van der Waals surface area contributed by atoms with Gasteiger partial charge < -0.3 is 15.3 Å². The van der Waals surface area contributed by atoms with Gasteiger partial charge in [0.15, 0.2) is 0 Å². The molecular formula is C13H19N3O2. The minimum absolute atomic E-state index is 0.501. The summed E-state index contributed by atoms with van der Waals surface area (Å²) in [5.41, 5.74) is 1.26. The molecule has 1 saturated heterocycles. The van der Waals surface area contributed by atoms with Crippen LogP contribution in [0, 0.1) is 0 Å². The van der Waals surface area contributed by atoms with Crippen LogP contribution in [-0.4, -0.2) is 55.4 Å². The topological polar surface area (TPSA) is 55.8 Å². The molecule has 5 heteroatoms. The molecule has 98 valence electrons. The molecule has 1 fully saturated rings. The molecule has 0 radical (unpaired) electrons. The van der Waals surface area contributed by atoms with Gasteiger partial charge in [0.05, 0.1) is 0 Å². The van der Waals surface area contributed by atoms with Gasteiger partial charge in [-0.05, 0) is 12.1 Å². The first-order chi connectivity index (χ1) is 8.75. The SMILES string of the molecule is O=C(O)NCCN1CCN(c2ccccc2)CC1. The fraction of sp³-hybridized carbons (Fsp3) is 0.462. The first-order valence-electron chi connectivity index (χ1n) is 6.25. The number of rotatable bonds is 4. The number of nitrogens with one attached hydrogen (secondary N) is 1. The summed E-state index contributed by atoms with van der Waals surface area (Å²) in [5, 5.41) is 10.9. The molecule has 0 aliphatic carbocycles. The van der Waals surface area contributed by atoms with Crippen molar-refractivity contribution in [2.45, 2.75) is 0 Å². The van der Waals surface area contributed by atoms with Crippen LogP contribution in [0.15, 0.2) is 30.3 Å². The summed E-state index contributed by atoms with van der Waals surface area (Å²) in [6, 6.07) is 10.4. The Morgan fingerprint density at radius 2 is 1.83 bits per heavy atom. The number of benzene rings is 1. The van der Waals surface area contributed by atoms with Gasteiger partial charge >= 0.3 is 6.09 Å². The van der Waals surface area contributed by atoms with Gasteiger partial charge in [0.25, 0.3) is 0 Å². The number of hydrogen-bond donors (Lipinski definition) is 2. The van der Waals surface area contributed by atoms with Gasteiger partial charge in [0.2, 0.25) is 0 Å². The van der Waals surface area contributed by atoms with Gasteiger partial charge in [-0.1, -0.05) is 18.2 Å². The molecule has 1 aromatic carbocycles. The van der Waals surface area contributed by atoms with Crippen molar-refractivity contribution in [3.8, 4) is 0 Å². The smallest absolute Gasteiger partial charge is 0.404 e. The molecule has 1 aliphatic rings. The van der Waals surface area contributed by atoms with Crippen LogP contribution in [0.3, 0.4) is 0 Å². The number of piperazine rings is 1. The predicted octanol–water partition coefficient (Wildman–Crippen LogP) is 1.08. The molecule has 0 unspecified atom stereocenters. The Labute approximate surface area is 107 Å². The van der Waals surface area contributed by atoms with Crippen LogP contribution in [-0.2, 0) is 0 Å². The highest BCUT2D eigenvalue weighted by molar-refractivity contribution is 5.64. The quantitative estimate of drug-likeness (QED) is 0.838. The fourth-order valence-corrected chi connectivity index (χ4v) is 2.19. The van der Waals surface area contributed by atoms with Crippen molar-refractivity contribution in [1.29, 1.82) is 0 Å². The Morgan fingerprint density at radius 3 is 2.44 bits per heavy atom. The van der Waals surface area contributed by atoms with Crippen LogP contribution in [0.1, 0.15) is 0 Å². The van der Waals surface area contributed by atoms with Gasteiger partial charge in [0, 0.05) is 45.0 Å². The minimum Gasteiger partial charge on any atom is -0.465 e. The van der Waals surface area contributed by atoms with E-state index in [9.17, 15) is 4.79 Å². The summed E-state index contributed by atoms with van der Waals surface area (Å²) in [6.45, 7) is 5.25. The van der Waals surface area contributed by atoms with Gasteiger partial charge in [-0.25, -0.2) is 4.79 Å². The van der Waals surface area contributed by atoms with Crippen LogP contribution in [0.5, 0.6) is 0 Å². The zero-order valence-corrected chi connectivity index (χ0v) is 10.4. The van der Waals surface area contributed by atoms with Crippen molar-refractivity contribution in [2.75, 3.05) is 44.2 Å². The lowest BCUT2D eigenvalue weighted by molar-refractivity contribution is 0.190. The van der Waals surface area contributed by atoms with E-state index in [-0.39, 0.29) is 0 Å². The summed E-state index contributed by atoms with van der Waals surface area (Å²) in [7, 11) is 0. The van der Waals surface area contributed by atoms with Crippen molar-refractivity contribution >= 4 is 11.8 Å². The zero-order chi connectivity index (χ0) is 12.8. The largest absolute Gasteiger partial charge is 0.465 e. The molecule has 1 heterocycles. The maximum Gasteiger partial charge on any atom is 0.404 e. The number of para-hydroxylation sites is 1. The van der Waals surface area contributed by atoms with Crippen LogP contribution in [0.25, 0.3) is 0 Å². The number of carboxylic acid groups (broad SMARTS) is 1. The van der Waals surface area contributed by atoms with E-state index in [1.54, 1.807) is 0 Å². The highest BCUT2D eigenvalue weighted by Gasteiger charge is 2.16. The standard InChI is InChI=1S/C13H19N3O2/c17-13(18)14-6-7-15-8-10-16(11-9-15)12-4-2-1-3-5-12/h1-5,14H,6-11H2,(H,17,18). The lowest BCUT2D eigenvalue weighted by Crippen LogP contribution is -2.48. The number of nitrogens with zero attached hydrogens (tertiary/aromatic N) is 2. The Balaban J connectivity index is 1.73. The molecule has 0 aromatic heterocycles. The lowest BCUT2D eigenvalue weighted by atomic mass is 10.2. The summed E-state index contributed by atoms with van der Waals surface area (Å²) < 4.78 is 0. The van der Waals surface area contributed by atoms with Crippen LogP contribution in [0.4, 0.5) is 10.5 Å². The van der Waals surface area contributed by atoms with E-state index in [1.807, 2.05) is 6.07 Å². The lowest BCUT2D eigenvalue weighted by Gasteiger charge is -2.36. The first kappa shape index (κ1) is 12.7. The Kier molecular flexibility index (Phi) is 4.41. The average Bonchev–Trinajstić information content (AvgIpc) is 2.40. The molecule has 1 amide bonds. The summed E-state index contributed by atoms with van der Waals surface area (Å²) in [5.74, 6) is 0. The maximum atomic E-state index is 10.3. The van der Waals surface area contributed by atoms with Crippen LogP contribution < -0.4 is 10.2 Å². The highest BCUT2D eigenvalue weighted by Crippen LogP contribution is 2.15. The molecule has 0 atom stereocenters. The van der Waals surface area contributed by atoms with Gasteiger partial charge in [-0.3, -0.25) is 4.90 Å². The van der Waals surface area contributed by atoms with Crippen LogP contribution in [0.2, 0.25) is 0 Å². The number of hydrogen-bond acceptors (Lipinski definition) is 3. The Bertz CT molecular complexity index is 375. The second kappa shape index (κ2) is 6.26. The predicted molar refractivity (Wildman–Crippen MR) is 71.1 cm³/mol. The van der Waals surface area contributed by atoms with E-state index in [0.717, 1.165) is 32.7 Å². The van der Waals surface area contributed by atoms with Crippen molar-refractivity contribution < 1.29 is 9.90 Å². The molecule has 2 rings (SSSR count). The van der Waals surface area contributed by atoms with Crippen LogP contribution >= 0.6 is 0 Å². The zero-order valence-electron chi connectivity index (χ0n) is 10.4. The maximum absolute atomic E-state index is 10.3. The molecule has 2 N–H and O–H groups in total. The van der Waals surface area contributed by atoms with E-state index >= 15 is 0 Å². The van der Waals surface area contributed by atoms with Crippen molar-refractivity contribution in [1.82, 2.24) is 10.2 Å². The molecule has 5 nitrogen and oxygen atoms in total. The normalized spacial score (nSPS) is 16.6. The number of amides is 1. The number of carbonyl (C=O) groups is 1. The fourth-order valence-electron chi connectivity index (χ4n) is 2.19. The molecule has 18 heavy (non-hydrogen) atoms. The van der Waals surface area contributed by atoms with E-state index in [0.29, 0.717) is 6.54 Å². The van der Waals surface area contributed by atoms with Crippen molar-refractivity contribution in [2.24, 2.45) is 0 Å². The molecule has 1 aromatic rings. The van der Waals surface area contributed by atoms with E-state index in [4.69, 9.17) is 5.11 Å². The molecular weight excluding hydrogens is 230 g/mol. The highest BCUT2D eigenvalue weighted by atomic mass is 16.4. The monoisotopic (exact) mass is 249 g/mol. The first-order valence-corrected chi connectivity index (χ1v) is 6.25. The average molecular weight is 249 g/mol. The van der Waals surface area contributed by atoms with E-state index in [2.05, 4.69) is 39.4 Å². The molecule has 0 spiro atoms. The van der Waals surface area contributed by atoms with E-state index in [1.165, 1.54) is 5.69 Å². The molecule has 0 saturated carbocycles. The van der Waals surface area contributed by atoms with E-state index < -0.39 is 6.09 Å². The minimum atomic E-state index is -0.946. The van der Waals surface area contributed by atoms with Gasteiger partial charge in [-0.15, -0.1) is 0 Å². The second-order valence-electron chi connectivity index (χ2n) is 4.40. The van der Waals surface area contributed by atoms with Gasteiger partial charge in [-0.2, -0.15) is 0 Å². The molecule has 1 aliphatic heterocycles. The Morgan fingerprint density at radius 1 is 1.17 bits per heavy atom. The van der Waals surface area contributed by atoms with Crippen molar-refractivity contribution in [3.63, 3.8) is 0 Å². The third-order valence-electron chi connectivity index (χ3n) is 3.20. The molecule has 0 bridgehead atoms. The van der Waals surface area contributed by atoms with Crippen molar-refractivity contribution in [3.05, 3.63) is 30.3 Å². The van der Waals surface area contributed by atoms with Gasteiger partial charge in [0.1, 0.15) is 0 Å². The second-order valence-corrected chi connectivity index (χ2v) is 4.40.